The normalized spacial score (nSPS) is 16.0. The van der Waals surface area contributed by atoms with E-state index in [1.807, 2.05) is 30.3 Å². The van der Waals surface area contributed by atoms with Gasteiger partial charge in [0, 0.05) is 24.4 Å². The fourth-order valence-corrected chi connectivity index (χ4v) is 2.33. The van der Waals surface area contributed by atoms with E-state index in [-0.39, 0.29) is 25.5 Å². The minimum absolute atomic E-state index is 0.0438. The summed E-state index contributed by atoms with van der Waals surface area (Å²) in [4.78, 5) is 27.8. The van der Waals surface area contributed by atoms with Gasteiger partial charge in [0.2, 0.25) is 5.91 Å². The van der Waals surface area contributed by atoms with E-state index in [4.69, 9.17) is 10.3 Å². The molecule has 1 saturated heterocycles. The number of aliphatic hydroxyl groups is 1. The second kappa shape index (κ2) is 8.17. The van der Waals surface area contributed by atoms with Crippen molar-refractivity contribution in [2.45, 2.75) is 31.6 Å². The lowest BCUT2D eigenvalue weighted by atomic mass is 10.2. The van der Waals surface area contributed by atoms with Crippen molar-refractivity contribution < 1.29 is 19.4 Å². The molecule has 0 bridgehead atoms. The Morgan fingerprint density at radius 2 is 2.17 bits per heavy atom. The number of ether oxygens (including phenoxy) is 1. The lowest BCUT2D eigenvalue weighted by molar-refractivity contribution is -0.167. The monoisotopic (exact) mass is 321 g/mol. The van der Waals surface area contributed by atoms with E-state index in [0.717, 1.165) is 5.56 Å². The predicted molar refractivity (Wildman–Crippen MR) is 81.0 cm³/mol. The van der Waals surface area contributed by atoms with Crippen LogP contribution in [-0.2, 0) is 20.9 Å². The van der Waals surface area contributed by atoms with E-state index >= 15 is 0 Å². The molecular weight excluding hydrogens is 303 g/mol. The Hall–Kier alpha value is -2.57. The summed E-state index contributed by atoms with van der Waals surface area (Å²) in [5.41, 5.74) is 9.08. The molecule has 1 aromatic carbocycles. The first-order valence-electron chi connectivity index (χ1n) is 7.32. The maximum absolute atomic E-state index is 12.3. The molecule has 8 nitrogen and oxygen atoms in total. The molecular formula is C15H18N4O4. The molecule has 1 aromatic rings. The van der Waals surface area contributed by atoms with Crippen molar-refractivity contribution >= 4 is 11.9 Å². The number of carbonyl (C=O) groups is 2. The molecule has 1 N–H and O–H groups in total. The third-order valence-electron chi connectivity index (χ3n) is 3.64. The summed E-state index contributed by atoms with van der Waals surface area (Å²) in [6.45, 7) is 0.520. The first kappa shape index (κ1) is 16.8. The van der Waals surface area contributed by atoms with Gasteiger partial charge in [-0.25, -0.2) is 4.79 Å². The molecule has 2 rings (SSSR count). The van der Waals surface area contributed by atoms with Crippen LogP contribution < -0.4 is 0 Å². The highest BCUT2D eigenvalue weighted by molar-refractivity contribution is 5.88. The number of esters is 1. The second-order valence-corrected chi connectivity index (χ2v) is 5.19. The molecule has 8 heteroatoms. The molecule has 1 fully saturated rings. The van der Waals surface area contributed by atoms with Crippen molar-refractivity contribution in [3.63, 3.8) is 0 Å². The van der Waals surface area contributed by atoms with Crippen LogP contribution in [0.5, 0.6) is 0 Å². The molecule has 23 heavy (non-hydrogen) atoms. The third-order valence-corrected chi connectivity index (χ3v) is 3.64. The number of hydrogen-bond acceptors (Lipinski definition) is 5. The molecule has 1 aliphatic heterocycles. The Labute approximate surface area is 133 Å². The van der Waals surface area contributed by atoms with Crippen LogP contribution in [0, 0.1) is 0 Å². The maximum Gasteiger partial charge on any atom is 0.331 e. The van der Waals surface area contributed by atoms with Crippen LogP contribution in [-0.4, -0.2) is 47.1 Å². The van der Waals surface area contributed by atoms with Gasteiger partial charge in [-0.05, 0) is 17.5 Å². The number of amides is 1. The minimum Gasteiger partial charge on any atom is -0.459 e. The zero-order valence-corrected chi connectivity index (χ0v) is 12.5. The highest BCUT2D eigenvalue weighted by Gasteiger charge is 2.40. The predicted octanol–water partition coefficient (Wildman–Crippen LogP) is 1.39. The van der Waals surface area contributed by atoms with E-state index in [9.17, 15) is 14.7 Å². The molecule has 0 saturated carbocycles. The fourth-order valence-electron chi connectivity index (χ4n) is 2.33. The molecule has 1 aliphatic rings. The van der Waals surface area contributed by atoms with E-state index in [1.54, 1.807) is 0 Å². The molecule has 2 atom stereocenters. The lowest BCUT2D eigenvalue weighted by Crippen LogP contribution is -2.58. The number of carbonyl (C=O) groups excluding carboxylic acids is 2. The lowest BCUT2D eigenvalue weighted by Gasteiger charge is -2.38. The average Bonchev–Trinajstić information content (AvgIpc) is 2.57. The number of aliphatic hydroxyl groups excluding tert-OH is 1. The molecule has 0 spiro atoms. The number of likely N-dealkylation sites (tertiary alicyclic amines) is 1. The average molecular weight is 321 g/mol. The van der Waals surface area contributed by atoms with Gasteiger partial charge in [-0.3, -0.25) is 4.79 Å². The minimum atomic E-state index is -1.13. The van der Waals surface area contributed by atoms with Gasteiger partial charge in [-0.15, -0.1) is 0 Å². The Kier molecular flexibility index (Phi) is 5.96. The third kappa shape index (κ3) is 4.45. The topological polar surface area (TPSA) is 116 Å². The largest absolute Gasteiger partial charge is 0.459 e. The summed E-state index contributed by atoms with van der Waals surface area (Å²) in [7, 11) is 0. The highest BCUT2D eigenvalue weighted by atomic mass is 16.6. The van der Waals surface area contributed by atoms with Gasteiger partial charge in [0.05, 0.1) is 6.10 Å². The quantitative estimate of drug-likeness (QED) is 0.194. The van der Waals surface area contributed by atoms with Gasteiger partial charge >= 0.3 is 5.97 Å². The first-order chi connectivity index (χ1) is 11.1. The fraction of sp³-hybridized carbons (Fsp3) is 0.467. The smallest absolute Gasteiger partial charge is 0.331 e. The van der Waals surface area contributed by atoms with Gasteiger partial charge in [-0.1, -0.05) is 35.4 Å². The van der Waals surface area contributed by atoms with Gasteiger partial charge in [0.1, 0.15) is 6.61 Å². The van der Waals surface area contributed by atoms with E-state index < -0.39 is 18.1 Å². The summed E-state index contributed by atoms with van der Waals surface area (Å²) < 4.78 is 5.23. The number of rotatable bonds is 8. The van der Waals surface area contributed by atoms with Crippen LogP contribution in [0.1, 0.15) is 18.4 Å². The number of azide groups is 1. The van der Waals surface area contributed by atoms with E-state index in [0.29, 0.717) is 13.0 Å². The number of nitrogens with zero attached hydrogens (tertiary/aromatic N) is 4. The van der Waals surface area contributed by atoms with Crippen LogP contribution in [0.3, 0.4) is 0 Å². The summed E-state index contributed by atoms with van der Waals surface area (Å²) >= 11 is 0. The number of hydrogen-bond donors (Lipinski definition) is 1. The van der Waals surface area contributed by atoms with Crippen LogP contribution in [0.4, 0.5) is 0 Å². The van der Waals surface area contributed by atoms with Gasteiger partial charge < -0.3 is 14.7 Å². The molecule has 0 aliphatic carbocycles. The summed E-state index contributed by atoms with van der Waals surface area (Å²) in [6.07, 6.45) is -0.696. The van der Waals surface area contributed by atoms with Crippen molar-refractivity contribution in [3.8, 4) is 0 Å². The Morgan fingerprint density at radius 3 is 2.74 bits per heavy atom. The van der Waals surface area contributed by atoms with Crippen molar-refractivity contribution in [2.24, 2.45) is 5.11 Å². The van der Waals surface area contributed by atoms with Crippen molar-refractivity contribution in [1.82, 2.24) is 4.90 Å². The maximum atomic E-state index is 12.3. The Balaban J connectivity index is 1.99. The van der Waals surface area contributed by atoms with Gasteiger partial charge in [0.15, 0.2) is 6.04 Å². The van der Waals surface area contributed by atoms with Crippen molar-refractivity contribution in [3.05, 3.63) is 46.3 Å². The van der Waals surface area contributed by atoms with Crippen LogP contribution in [0.15, 0.2) is 35.4 Å². The van der Waals surface area contributed by atoms with Crippen LogP contribution in [0.25, 0.3) is 10.4 Å². The molecule has 0 aromatic heterocycles. The van der Waals surface area contributed by atoms with Gasteiger partial charge in [0.25, 0.3) is 0 Å². The zero-order valence-electron chi connectivity index (χ0n) is 12.5. The van der Waals surface area contributed by atoms with E-state index in [2.05, 4.69) is 10.0 Å². The number of benzene rings is 1. The van der Waals surface area contributed by atoms with Gasteiger partial charge in [-0.2, -0.15) is 0 Å². The second-order valence-electron chi connectivity index (χ2n) is 5.19. The Bertz CT molecular complexity index is 601. The van der Waals surface area contributed by atoms with Crippen molar-refractivity contribution in [1.29, 1.82) is 0 Å². The summed E-state index contributed by atoms with van der Waals surface area (Å²) in [5, 5.41) is 13.5. The highest BCUT2D eigenvalue weighted by Crippen LogP contribution is 2.19. The van der Waals surface area contributed by atoms with Crippen LogP contribution >= 0.6 is 0 Å². The van der Waals surface area contributed by atoms with E-state index in [1.165, 1.54) is 4.90 Å². The van der Waals surface area contributed by atoms with Crippen LogP contribution in [0.2, 0.25) is 0 Å². The van der Waals surface area contributed by atoms with Crippen molar-refractivity contribution in [2.75, 3.05) is 13.1 Å². The Morgan fingerprint density at radius 1 is 1.43 bits per heavy atom. The SMILES string of the molecule is [N-]=[N+]=NCCC(O)[13CH]([13C](=O)OCc1ccccc1)N1CC[13C]1=O. The number of β-lactam (4-membered cyclic amide) rings is 1. The standard InChI is InChI=1S/C15H18N4O4/c16-18-17-8-6-12(20)14(19-9-7-13(19)21)15(22)23-10-11-4-2-1-3-5-11/h1-5,12,14,20H,6-10H2/i13+1,14+1,15+1. The zero-order chi connectivity index (χ0) is 16.7. The molecule has 1 heterocycles. The summed E-state index contributed by atoms with van der Waals surface area (Å²) in [5.74, 6) is -0.857. The molecule has 122 valence electrons. The molecule has 2 unspecified atom stereocenters. The summed E-state index contributed by atoms with van der Waals surface area (Å²) in [6, 6.07) is 8.08. The first-order valence-corrected chi connectivity index (χ1v) is 7.32. The molecule has 1 amide bonds. The molecule has 0 radical (unpaired) electrons.